The van der Waals surface area contributed by atoms with Crippen LogP contribution in [0.1, 0.15) is 29.9 Å². The predicted octanol–water partition coefficient (Wildman–Crippen LogP) is 5.81. The van der Waals surface area contributed by atoms with E-state index < -0.39 is 0 Å². The number of aryl methyl sites for hydroxylation is 1. The number of nitrogens with one attached hydrogen (secondary N) is 1. The normalized spacial score (nSPS) is 14.5. The van der Waals surface area contributed by atoms with E-state index in [-0.39, 0.29) is 0 Å². The summed E-state index contributed by atoms with van der Waals surface area (Å²) in [7, 11) is 0. The third kappa shape index (κ3) is 4.68. The van der Waals surface area contributed by atoms with Gasteiger partial charge in [-0.15, -0.1) is 11.3 Å². The zero-order valence-corrected chi connectivity index (χ0v) is 18.6. The van der Waals surface area contributed by atoms with E-state index in [0.717, 1.165) is 70.0 Å². The molecule has 4 aromatic rings. The van der Waals surface area contributed by atoms with Crippen LogP contribution in [0.4, 0.5) is 11.5 Å². The molecule has 1 N–H and O–H groups in total. The van der Waals surface area contributed by atoms with Crippen LogP contribution in [0, 0.1) is 6.92 Å². The third-order valence-electron chi connectivity index (χ3n) is 5.14. The van der Waals surface area contributed by atoms with Crippen LogP contribution in [0.2, 0.25) is 0 Å². The number of aliphatic imine (C=N–C) groups is 1. The first kappa shape index (κ1) is 20.3. The number of hydrogen-bond donors (Lipinski definition) is 1. The molecule has 1 aliphatic heterocycles. The maximum absolute atomic E-state index is 6.02. The highest BCUT2D eigenvalue weighted by Crippen LogP contribution is 2.27. The van der Waals surface area contributed by atoms with E-state index >= 15 is 0 Å². The van der Waals surface area contributed by atoms with Crippen LogP contribution in [0.15, 0.2) is 71.2 Å². The number of anilines is 1. The number of rotatable bonds is 5. The van der Waals surface area contributed by atoms with E-state index in [1.807, 2.05) is 61.0 Å². The SMILES string of the molecule is Cc1ncc2c(n1)NCCCC2=Nc1cccc(OCc2csc(-c3ccccc3)n2)c1. The van der Waals surface area contributed by atoms with Gasteiger partial charge in [-0.05, 0) is 31.9 Å². The van der Waals surface area contributed by atoms with E-state index in [1.165, 1.54) is 0 Å². The maximum atomic E-state index is 6.02. The Labute approximate surface area is 191 Å². The number of aromatic nitrogens is 3. The first-order valence-electron chi connectivity index (χ1n) is 10.6. The molecule has 0 spiro atoms. The highest BCUT2D eigenvalue weighted by Gasteiger charge is 2.16. The number of benzene rings is 2. The first-order valence-corrected chi connectivity index (χ1v) is 11.5. The molecule has 5 rings (SSSR count). The summed E-state index contributed by atoms with van der Waals surface area (Å²) in [5.74, 6) is 2.39. The number of thiazole rings is 1. The Balaban J connectivity index is 1.32. The van der Waals surface area contributed by atoms with Gasteiger partial charge in [-0.1, -0.05) is 36.4 Å². The first-order chi connectivity index (χ1) is 15.7. The summed E-state index contributed by atoms with van der Waals surface area (Å²) in [6.45, 7) is 3.20. The van der Waals surface area contributed by atoms with Crippen molar-refractivity contribution in [2.75, 3.05) is 11.9 Å². The van der Waals surface area contributed by atoms with Crippen LogP contribution in [0.5, 0.6) is 5.75 Å². The number of ether oxygens (including phenoxy) is 1. The van der Waals surface area contributed by atoms with Crippen molar-refractivity contribution >= 4 is 28.6 Å². The highest BCUT2D eigenvalue weighted by molar-refractivity contribution is 7.13. The molecule has 2 aromatic carbocycles. The monoisotopic (exact) mass is 441 g/mol. The molecule has 0 fully saturated rings. The predicted molar refractivity (Wildman–Crippen MR) is 129 cm³/mol. The zero-order valence-electron chi connectivity index (χ0n) is 17.8. The van der Waals surface area contributed by atoms with Crippen molar-refractivity contribution in [2.45, 2.75) is 26.4 Å². The van der Waals surface area contributed by atoms with Gasteiger partial charge in [0.15, 0.2) is 0 Å². The second kappa shape index (κ2) is 9.28. The molecule has 0 saturated carbocycles. The molecule has 1 aliphatic rings. The van der Waals surface area contributed by atoms with Gasteiger partial charge in [0, 0.05) is 29.8 Å². The molecule has 160 valence electrons. The van der Waals surface area contributed by atoms with E-state index in [1.54, 1.807) is 11.3 Å². The van der Waals surface area contributed by atoms with Gasteiger partial charge in [0.2, 0.25) is 0 Å². The molecular weight excluding hydrogens is 418 g/mol. The summed E-state index contributed by atoms with van der Waals surface area (Å²) in [6.07, 6.45) is 3.73. The van der Waals surface area contributed by atoms with Crippen molar-refractivity contribution in [3.8, 4) is 16.3 Å². The van der Waals surface area contributed by atoms with Crippen molar-refractivity contribution in [1.82, 2.24) is 15.0 Å². The quantitative estimate of drug-likeness (QED) is 0.423. The molecule has 0 saturated heterocycles. The molecule has 3 heterocycles. The van der Waals surface area contributed by atoms with Crippen LogP contribution in [-0.2, 0) is 6.61 Å². The van der Waals surface area contributed by atoms with Crippen molar-refractivity contribution in [1.29, 1.82) is 0 Å². The van der Waals surface area contributed by atoms with Crippen molar-refractivity contribution < 1.29 is 4.74 Å². The fourth-order valence-electron chi connectivity index (χ4n) is 3.57. The number of nitrogens with zero attached hydrogens (tertiary/aromatic N) is 4. The van der Waals surface area contributed by atoms with Gasteiger partial charge in [0.1, 0.15) is 29.0 Å². The van der Waals surface area contributed by atoms with E-state index in [0.29, 0.717) is 6.61 Å². The Morgan fingerprint density at radius 3 is 2.91 bits per heavy atom. The topological polar surface area (TPSA) is 72.3 Å². The van der Waals surface area contributed by atoms with Gasteiger partial charge < -0.3 is 10.1 Å². The second-order valence-corrected chi connectivity index (χ2v) is 8.42. The van der Waals surface area contributed by atoms with Gasteiger partial charge in [0.05, 0.1) is 22.7 Å². The van der Waals surface area contributed by atoms with Gasteiger partial charge in [-0.25, -0.2) is 15.0 Å². The van der Waals surface area contributed by atoms with Crippen LogP contribution in [-0.4, -0.2) is 27.2 Å². The number of fused-ring (bicyclic) bond motifs is 1. The van der Waals surface area contributed by atoms with Gasteiger partial charge in [-0.2, -0.15) is 0 Å². The Morgan fingerprint density at radius 1 is 1.09 bits per heavy atom. The fourth-order valence-corrected chi connectivity index (χ4v) is 4.38. The molecule has 6 nitrogen and oxygen atoms in total. The average Bonchev–Trinajstić information content (AvgIpc) is 3.21. The molecule has 0 aliphatic carbocycles. The zero-order chi connectivity index (χ0) is 21.8. The minimum Gasteiger partial charge on any atom is -0.487 e. The van der Waals surface area contributed by atoms with Crippen LogP contribution in [0.25, 0.3) is 10.6 Å². The molecule has 0 amide bonds. The summed E-state index contributed by atoms with van der Waals surface area (Å²) in [6, 6.07) is 18.1. The summed E-state index contributed by atoms with van der Waals surface area (Å²) < 4.78 is 6.02. The third-order valence-corrected chi connectivity index (χ3v) is 6.08. The summed E-state index contributed by atoms with van der Waals surface area (Å²) in [4.78, 5) is 18.5. The summed E-state index contributed by atoms with van der Waals surface area (Å²) in [5.41, 5.74) is 4.86. The number of hydrogen-bond acceptors (Lipinski definition) is 7. The van der Waals surface area contributed by atoms with E-state index in [2.05, 4.69) is 27.4 Å². The van der Waals surface area contributed by atoms with Crippen LogP contribution in [0.3, 0.4) is 0 Å². The standard InChI is InChI=1S/C25H23N5OS/c1-17-27-14-22-23(11-6-12-26-24(22)28-17)29-19-9-5-10-21(13-19)31-15-20-16-32-25(30-20)18-7-3-2-4-8-18/h2-5,7-10,13-14,16H,6,11-12,15H2,1H3,(H,26,27,28). The molecule has 32 heavy (non-hydrogen) atoms. The average molecular weight is 442 g/mol. The van der Waals surface area contributed by atoms with Crippen molar-refractivity contribution in [3.05, 3.63) is 83.3 Å². The largest absolute Gasteiger partial charge is 0.487 e. The summed E-state index contributed by atoms with van der Waals surface area (Å²) in [5, 5.41) is 6.43. The Hall–Kier alpha value is -3.58. The minimum atomic E-state index is 0.420. The van der Waals surface area contributed by atoms with E-state index in [9.17, 15) is 0 Å². The molecule has 2 aromatic heterocycles. The Bertz CT molecular complexity index is 1250. The van der Waals surface area contributed by atoms with Crippen LogP contribution >= 0.6 is 11.3 Å². The smallest absolute Gasteiger partial charge is 0.138 e. The maximum Gasteiger partial charge on any atom is 0.138 e. The lowest BCUT2D eigenvalue weighted by atomic mass is 10.1. The molecule has 0 radical (unpaired) electrons. The second-order valence-electron chi connectivity index (χ2n) is 7.56. The van der Waals surface area contributed by atoms with Gasteiger partial charge >= 0.3 is 0 Å². The van der Waals surface area contributed by atoms with E-state index in [4.69, 9.17) is 14.7 Å². The molecule has 7 heteroatoms. The molecule has 0 atom stereocenters. The Morgan fingerprint density at radius 2 is 2.00 bits per heavy atom. The minimum absolute atomic E-state index is 0.420. The summed E-state index contributed by atoms with van der Waals surface area (Å²) >= 11 is 1.63. The van der Waals surface area contributed by atoms with Crippen LogP contribution < -0.4 is 10.1 Å². The van der Waals surface area contributed by atoms with Crippen molar-refractivity contribution in [3.63, 3.8) is 0 Å². The molecular formula is C25H23N5OS. The Kier molecular flexibility index (Phi) is 5.89. The van der Waals surface area contributed by atoms with Gasteiger partial charge in [-0.3, -0.25) is 4.99 Å². The lowest BCUT2D eigenvalue weighted by Crippen LogP contribution is -2.06. The lowest BCUT2D eigenvalue weighted by Gasteiger charge is -2.09. The lowest BCUT2D eigenvalue weighted by molar-refractivity contribution is 0.302. The highest BCUT2D eigenvalue weighted by atomic mass is 32.1. The van der Waals surface area contributed by atoms with Gasteiger partial charge in [0.25, 0.3) is 0 Å². The van der Waals surface area contributed by atoms with Crippen molar-refractivity contribution in [2.24, 2.45) is 4.99 Å². The molecule has 0 bridgehead atoms. The molecule has 0 unspecified atom stereocenters. The fraction of sp³-hybridized carbons (Fsp3) is 0.200.